The van der Waals surface area contributed by atoms with Crippen molar-refractivity contribution in [3.05, 3.63) is 84.3 Å². The van der Waals surface area contributed by atoms with Crippen LogP contribution in [0, 0.1) is 5.82 Å². The van der Waals surface area contributed by atoms with E-state index in [1.54, 1.807) is 29.4 Å². The highest BCUT2D eigenvalue weighted by molar-refractivity contribution is 5.68. The quantitative estimate of drug-likeness (QED) is 0.310. The van der Waals surface area contributed by atoms with E-state index in [2.05, 4.69) is 27.1 Å². The summed E-state index contributed by atoms with van der Waals surface area (Å²) in [5.74, 6) is -1.42. The van der Waals surface area contributed by atoms with Gasteiger partial charge in [0.2, 0.25) is 12.3 Å². The molecule has 4 aromatic rings. The molecule has 204 valence electrons. The fourth-order valence-corrected chi connectivity index (χ4v) is 3.99. The van der Waals surface area contributed by atoms with Gasteiger partial charge in [0.05, 0.1) is 0 Å². The Labute approximate surface area is 224 Å². The number of hydrogen-bond donors (Lipinski definition) is 0. The van der Waals surface area contributed by atoms with Crippen LogP contribution in [-0.4, -0.2) is 71.7 Å². The second-order valence-corrected chi connectivity index (χ2v) is 9.14. The molecule has 0 unspecified atom stereocenters. The fraction of sp³-hybridized carbons (Fsp3) is 0.286. The maximum atomic E-state index is 14.6. The first kappa shape index (κ1) is 27.8. The third-order valence-electron chi connectivity index (χ3n) is 6.32. The van der Waals surface area contributed by atoms with Gasteiger partial charge in [-0.2, -0.15) is 8.78 Å². The zero-order valence-corrected chi connectivity index (χ0v) is 21.7. The minimum Gasteiger partial charge on any atom is -0.415 e. The molecule has 11 heteroatoms. The number of halogens is 3. The van der Waals surface area contributed by atoms with Gasteiger partial charge in [0, 0.05) is 69.0 Å². The highest BCUT2D eigenvalue weighted by Gasteiger charge is 2.18. The summed E-state index contributed by atoms with van der Waals surface area (Å²) in [6.45, 7) is 4.12. The third kappa shape index (κ3) is 7.41. The molecule has 2 aromatic heterocycles. The molecule has 0 spiro atoms. The summed E-state index contributed by atoms with van der Waals surface area (Å²) in [4.78, 5) is 20.2. The largest absolute Gasteiger partial charge is 0.415 e. The van der Waals surface area contributed by atoms with Crippen molar-refractivity contribution in [1.29, 1.82) is 0 Å². The molecule has 0 bridgehead atoms. The molecule has 1 aliphatic heterocycles. The summed E-state index contributed by atoms with van der Waals surface area (Å²) < 4.78 is 44.7. The van der Waals surface area contributed by atoms with Crippen molar-refractivity contribution in [3.63, 3.8) is 0 Å². The van der Waals surface area contributed by atoms with E-state index in [0.29, 0.717) is 12.1 Å². The third-order valence-corrected chi connectivity index (χ3v) is 6.32. The van der Waals surface area contributed by atoms with Crippen LogP contribution in [0.4, 0.5) is 18.9 Å². The number of aromatic nitrogens is 3. The SMILES string of the molecule is CN(Cc1ccc(-c2nnc(C(F)F)o2)cc1F)c1cccc(-c2ccncc2)c1.CN1CCN(C=O)CC1. The molecule has 0 atom stereocenters. The molecular weight excluding hydrogens is 509 g/mol. The molecule has 0 N–H and O–H groups in total. The number of likely N-dealkylation sites (N-methyl/N-ethyl adjacent to an activating group) is 1. The smallest absolute Gasteiger partial charge is 0.314 e. The number of anilines is 1. The Morgan fingerprint density at radius 1 is 0.974 bits per heavy atom. The van der Waals surface area contributed by atoms with Crippen LogP contribution in [0.3, 0.4) is 0 Å². The van der Waals surface area contributed by atoms with Gasteiger partial charge in [0.25, 0.3) is 5.89 Å². The van der Waals surface area contributed by atoms with E-state index in [9.17, 15) is 18.0 Å². The lowest BCUT2D eigenvalue weighted by Crippen LogP contribution is -2.43. The number of pyridine rings is 1. The van der Waals surface area contributed by atoms with Crippen LogP contribution in [0.15, 0.2) is 71.4 Å². The Morgan fingerprint density at radius 2 is 1.72 bits per heavy atom. The minimum atomic E-state index is -2.87. The Bertz CT molecular complexity index is 1360. The van der Waals surface area contributed by atoms with Crippen molar-refractivity contribution < 1.29 is 22.4 Å². The highest BCUT2D eigenvalue weighted by Crippen LogP contribution is 2.27. The van der Waals surface area contributed by atoms with Gasteiger partial charge in [-0.3, -0.25) is 9.78 Å². The molecule has 1 fully saturated rings. The standard InChI is InChI=1S/C22H17F3N4O.C6H12N2O/c1-29(18-4-2-3-15(11-18)14-7-9-26-10-8-14)13-17-6-5-16(12-19(17)23)21-27-28-22(30-21)20(24)25;1-7-2-4-8(6-9)5-3-7/h2-12,20H,13H2,1H3;6H,2-5H2,1H3. The monoisotopic (exact) mass is 538 g/mol. The van der Waals surface area contributed by atoms with E-state index in [1.165, 1.54) is 6.07 Å². The second-order valence-electron chi connectivity index (χ2n) is 9.14. The number of benzene rings is 2. The number of carbonyl (C=O) groups is 1. The van der Waals surface area contributed by atoms with E-state index in [0.717, 1.165) is 49.4 Å². The van der Waals surface area contributed by atoms with Gasteiger partial charge in [-0.1, -0.05) is 18.2 Å². The summed E-state index contributed by atoms with van der Waals surface area (Å²) >= 11 is 0. The second kappa shape index (κ2) is 13.0. The molecule has 1 aliphatic rings. The first-order valence-electron chi connectivity index (χ1n) is 12.3. The number of rotatable bonds is 7. The maximum Gasteiger partial charge on any atom is 0.314 e. The van der Waals surface area contributed by atoms with Crippen molar-refractivity contribution >= 4 is 12.1 Å². The van der Waals surface area contributed by atoms with Crippen LogP contribution in [0.1, 0.15) is 17.9 Å². The number of nitrogens with zero attached hydrogens (tertiary/aromatic N) is 6. The molecule has 0 saturated carbocycles. The topological polar surface area (TPSA) is 78.6 Å². The first-order chi connectivity index (χ1) is 18.8. The van der Waals surface area contributed by atoms with Gasteiger partial charge >= 0.3 is 6.43 Å². The lowest BCUT2D eigenvalue weighted by molar-refractivity contribution is -0.119. The summed E-state index contributed by atoms with van der Waals surface area (Å²) in [6, 6.07) is 16.1. The van der Waals surface area contributed by atoms with Crippen LogP contribution >= 0.6 is 0 Å². The van der Waals surface area contributed by atoms with Crippen molar-refractivity contribution in [2.45, 2.75) is 13.0 Å². The molecule has 1 saturated heterocycles. The van der Waals surface area contributed by atoms with Gasteiger partial charge in [0.1, 0.15) is 5.82 Å². The summed E-state index contributed by atoms with van der Waals surface area (Å²) in [5, 5.41) is 6.81. The normalized spacial score (nSPS) is 13.6. The fourth-order valence-electron chi connectivity index (χ4n) is 3.99. The molecule has 3 heterocycles. The van der Waals surface area contributed by atoms with Crippen LogP contribution in [-0.2, 0) is 11.3 Å². The van der Waals surface area contributed by atoms with Crippen molar-refractivity contribution in [2.75, 3.05) is 45.2 Å². The number of alkyl halides is 2. The molecule has 0 aliphatic carbocycles. The molecule has 2 aromatic carbocycles. The van der Waals surface area contributed by atoms with E-state index in [-0.39, 0.29) is 11.5 Å². The average molecular weight is 539 g/mol. The van der Waals surface area contributed by atoms with Gasteiger partial charge in [-0.25, -0.2) is 4.39 Å². The number of piperazine rings is 1. The van der Waals surface area contributed by atoms with Crippen LogP contribution in [0.5, 0.6) is 0 Å². The van der Waals surface area contributed by atoms with Crippen molar-refractivity contribution in [2.24, 2.45) is 0 Å². The zero-order valence-electron chi connectivity index (χ0n) is 21.7. The van der Waals surface area contributed by atoms with E-state index in [4.69, 9.17) is 4.42 Å². The van der Waals surface area contributed by atoms with Crippen LogP contribution in [0.2, 0.25) is 0 Å². The lowest BCUT2D eigenvalue weighted by atomic mass is 10.1. The molecule has 5 rings (SSSR count). The maximum absolute atomic E-state index is 14.6. The number of amides is 1. The lowest BCUT2D eigenvalue weighted by Gasteiger charge is -2.29. The molecule has 8 nitrogen and oxygen atoms in total. The zero-order chi connectivity index (χ0) is 27.8. The summed E-state index contributed by atoms with van der Waals surface area (Å²) in [7, 11) is 3.94. The average Bonchev–Trinajstić information content (AvgIpc) is 3.46. The molecule has 1 amide bonds. The van der Waals surface area contributed by atoms with E-state index >= 15 is 0 Å². The van der Waals surface area contributed by atoms with Crippen LogP contribution < -0.4 is 4.90 Å². The predicted molar refractivity (Wildman–Crippen MR) is 142 cm³/mol. The summed E-state index contributed by atoms with van der Waals surface area (Å²) in [6.07, 6.45) is 1.52. The van der Waals surface area contributed by atoms with E-state index < -0.39 is 18.1 Å². The Kier molecular flexibility index (Phi) is 9.27. The minimum absolute atomic E-state index is 0.144. The molecular formula is C28H29F3N6O2. The van der Waals surface area contributed by atoms with Gasteiger partial charge in [0.15, 0.2) is 0 Å². The van der Waals surface area contributed by atoms with Gasteiger partial charge < -0.3 is 19.1 Å². The highest BCUT2D eigenvalue weighted by atomic mass is 19.3. The molecule has 39 heavy (non-hydrogen) atoms. The first-order valence-corrected chi connectivity index (χ1v) is 12.3. The van der Waals surface area contributed by atoms with Crippen molar-refractivity contribution in [1.82, 2.24) is 25.0 Å². The molecule has 0 radical (unpaired) electrons. The number of carbonyl (C=O) groups excluding carboxylic acids is 1. The van der Waals surface area contributed by atoms with Gasteiger partial charge in [-0.15, -0.1) is 10.2 Å². The summed E-state index contributed by atoms with van der Waals surface area (Å²) in [5.41, 5.74) is 3.69. The Hall–Kier alpha value is -4.25. The van der Waals surface area contributed by atoms with E-state index in [1.807, 2.05) is 48.3 Å². The van der Waals surface area contributed by atoms with Crippen LogP contribution in [0.25, 0.3) is 22.6 Å². The van der Waals surface area contributed by atoms with Crippen molar-refractivity contribution in [3.8, 4) is 22.6 Å². The Morgan fingerprint density at radius 3 is 2.36 bits per heavy atom. The predicted octanol–water partition coefficient (Wildman–Crippen LogP) is 4.90. The van der Waals surface area contributed by atoms with Gasteiger partial charge in [-0.05, 0) is 54.6 Å². The number of hydrogen-bond acceptors (Lipinski definition) is 7. The Balaban J connectivity index is 0.000000333.